The van der Waals surface area contributed by atoms with Gasteiger partial charge >= 0.3 is 0 Å². The molecule has 1 heterocycles. The molecule has 0 saturated heterocycles. The zero-order valence-corrected chi connectivity index (χ0v) is 9.16. The Kier molecular flexibility index (Phi) is 4.54. The fourth-order valence-corrected chi connectivity index (χ4v) is 1.11. The number of hydrogen-bond donors (Lipinski definition) is 1. The summed E-state index contributed by atoms with van der Waals surface area (Å²) in [7, 11) is 0. The third kappa shape index (κ3) is 4.96. The van der Waals surface area contributed by atoms with Crippen LogP contribution in [0.5, 0.6) is 0 Å². The first-order valence-corrected chi connectivity index (χ1v) is 5.02. The average Bonchev–Trinajstić information content (AvgIpc) is 2.20. The molecule has 0 spiro atoms. The predicted molar refractivity (Wildman–Crippen MR) is 61.3 cm³/mol. The van der Waals surface area contributed by atoms with Crippen LogP contribution in [0.2, 0.25) is 0 Å². The van der Waals surface area contributed by atoms with Gasteiger partial charge in [0.2, 0.25) is 5.91 Å². The van der Waals surface area contributed by atoms with Crippen LogP contribution in [0.1, 0.15) is 24.6 Å². The summed E-state index contributed by atoms with van der Waals surface area (Å²) in [5.41, 5.74) is 2.11. The van der Waals surface area contributed by atoms with Crippen LogP contribution in [0.25, 0.3) is 6.08 Å². The van der Waals surface area contributed by atoms with Crippen molar-refractivity contribution in [1.29, 1.82) is 0 Å². The van der Waals surface area contributed by atoms with E-state index >= 15 is 0 Å². The van der Waals surface area contributed by atoms with E-state index in [-0.39, 0.29) is 5.91 Å². The number of pyridine rings is 1. The van der Waals surface area contributed by atoms with Gasteiger partial charge in [-0.1, -0.05) is 12.1 Å². The van der Waals surface area contributed by atoms with Crippen LogP contribution in [0.15, 0.2) is 24.4 Å². The molecule has 0 atom stereocenters. The van der Waals surface area contributed by atoms with Crippen molar-refractivity contribution in [2.75, 3.05) is 6.54 Å². The maximum atomic E-state index is 10.6. The van der Waals surface area contributed by atoms with Gasteiger partial charge in [0.05, 0.1) is 5.69 Å². The maximum absolute atomic E-state index is 10.6. The number of carbonyl (C=O) groups is 1. The third-order valence-corrected chi connectivity index (χ3v) is 1.91. The zero-order valence-electron chi connectivity index (χ0n) is 9.16. The van der Waals surface area contributed by atoms with Gasteiger partial charge in [-0.2, -0.15) is 0 Å². The Morgan fingerprint density at radius 2 is 2.33 bits per heavy atom. The first kappa shape index (κ1) is 11.4. The van der Waals surface area contributed by atoms with Crippen LogP contribution in [0.3, 0.4) is 0 Å². The molecule has 0 aliphatic rings. The molecular weight excluding hydrogens is 188 g/mol. The number of carbonyl (C=O) groups excluding carboxylic acids is 1. The van der Waals surface area contributed by atoms with Gasteiger partial charge in [0.25, 0.3) is 0 Å². The summed E-state index contributed by atoms with van der Waals surface area (Å²) in [6, 6.07) is 4.00. The number of hydrogen-bond acceptors (Lipinski definition) is 2. The lowest BCUT2D eigenvalue weighted by molar-refractivity contribution is -0.118. The Balaban J connectivity index is 2.32. The minimum Gasteiger partial charge on any atom is -0.356 e. The molecule has 3 heteroatoms. The number of rotatable bonds is 4. The summed E-state index contributed by atoms with van der Waals surface area (Å²) in [6.07, 6.45) is 6.64. The third-order valence-electron chi connectivity index (χ3n) is 1.91. The summed E-state index contributed by atoms with van der Waals surface area (Å²) < 4.78 is 0. The highest BCUT2D eigenvalue weighted by molar-refractivity contribution is 5.72. The lowest BCUT2D eigenvalue weighted by Crippen LogP contribution is -2.20. The van der Waals surface area contributed by atoms with Crippen LogP contribution < -0.4 is 5.32 Å². The summed E-state index contributed by atoms with van der Waals surface area (Å²) in [5, 5.41) is 2.73. The van der Waals surface area contributed by atoms with Crippen molar-refractivity contribution in [3.63, 3.8) is 0 Å². The molecule has 3 nitrogen and oxygen atoms in total. The number of aromatic nitrogens is 1. The minimum atomic E-state index is 0.0110. The molecule has 0 fully saturated rings. The predicted octanol–water partition coefficient (Wildman–Crippen LogP) is 1.93. The Morgan fingerprint density at radius 3 is 2.93 bits per heavy atom. The number of amides is 1. The smallest absolute Gasteiger partial charge is 0.216 e. The van der Waals surface area contributed by atoms with E-state index in [0.29, 0.717) is 6.54 Å². The lowest BCUT2D eigenvalue weighted by Gasteiger charge is -1.97. The molecule has 0 saturated carbocycles. The second-order valence-corrected chi connectivity index (χ2v) is 3.43. The normalized spacial score (nSPS) is 10.5. The first-order chi connectivity index (χ1) is 7.18. The van der Waals surface area contributed by atoms with Gasteiger partial charge < -0.3 is 5.32 Å². The Morgan fingerprint density at radius 1 is 1.53 bits per heavy atom. The van der Waals surface area contributed by atoms with E-state index in [2.05, 4.69) is 10.3 Å². The zero-order chi connectivity index (χ0) is 11.1. The highest BCUT2D eigenvalue weighted by Gasteiger charge is 1.89. The van der Waals surface area contributed by atoms with E-state index in [1.165, 1.54) is 6.92 Å². The fraction of sp³-hybridized carbons (Fsp3) is 0.333. The Bertz CT molecular complexity index is 341. The van der Waals surface area contributed by atoms with Crippen molar-refractivity contribution in [2.45, 2.75) is 20.3 Å². The lowest BCUT2D eigenvalue weighted by atomic mass is 10.2. The molecule has 0 radical (unpaired) electrons. The van der Waals surface area contributed by atoms with E-state index in [4.69, 9.17) is 0 Å². The van der Waals surface area contributed by atoms with Gasteiger partial charge in [-0.15, -0.1) is 0 Å². The van der Waals surface area contributed by atoms with Gasteiger partial charge in [-0.25, -0.2) is 0 Å². The van der Waals surface area contributed by atoms with Crippen LogP contribution in [-0.4, -0.2) is 17.4 Å². The molecule has 0 unspecified atom stereocenters. The summed E-state index contributed by atoms with van der Waals surface area (Å²) in [4.78, 5) is 14.8. The molecule has 1 aromatic heterocycles. The molecule has 1 aromatic rings. The second kappa shape index (κ2) is 5.96. The molecule has 80 valence electrons. The van der Waals surface area contributed by atoms with Crippen molar-refractivity contribution in [1.82, 2.24) is 10.3 Å². The number of nitrogens with one attached hydrogen (secondary N) is 1. The Labute approximate surface area is 90.2 Å². The molecule has 1 amide bonds. The molecule has 0 bridgehead atoms. The van der Waals surface area contributed by atoms with Gasteiger partial charge in [0, 0.05) is 19.7 Å². The first-order valence-electron chi connectivity index (χ1n) is 5.02. The SMILES string of the molecule is CC(=O)NCCC=Cc1ccc(C)cn1. The van der Waals surface area contributed by atoms with Crippen molar-refractivity contribution in [2.24, 2.45) is 0 Å². The van der Waals surface area contributed by atoms with Crippen LogP contribution in [0.4, 0.5) is 0 Å². The highest BCUT2D eigenvalue weighted by atomic mass is 16.1. The number of aryl methyl sites for hydroxylation is 1. The summed E-state index contributed by atoms with van der Waals surface area (Å²) in [6.45, 7) is 4.21. The average molecular weight is 204 g/mol. The molecule has 0 aromatic carbocycles. The molecule has 15 heavy (non-hydrogen) atoms. The van der Waals surface area contributed by atoms with Crippen molar-refractivity contribution in [3.8, 4) is 0 Å². The quantitative estimate of drug-likeness (QED) is 0.761. The summed E-state index contributed by atoms with van der Waals surface area (Å²) in [5.74, 6) is 0.0110. The molecular formula is C12H16N2O. The van der Waals surface area contributed by atoms with E-state index in [1.807, 2.05) is 37.4 Å². The second-order valence-electron chi connectivity index (χ2n) is 3.43. The molecule has 1 N–H and O–H groups in total. The van der Waals surface area contributed by atoms with E-state index in [0.717, 1.165) is 17.7 Å². The molecule has 0 aliphatic carbocycles. The van der Waals surface area contributed by atoms with Crippen molar-refractivity contribution >= 4 is 12.0 Å². The molecule has 1 rings (SSSR count). The molecule has 0 aliphatic heterocycles. The van der Waals surface area contributed by atoms with E-state index in [1.54, 1.807) is 0 Å². The van der Waals surface area contributed by atoms with Crippen LogP contribution >= 0.6 is 0 Å². The van der Waals surface area contributed by atoms with Crippen molar-refractivity contribution in [3.05, 3.63) is 35.7 Å². The topological polar surface area (TPSA) is 42.0 Å². The number of nitrogens with zero attached hydrogens (tertiary/aromatic N) is 1. The maximum Gasteiger partial charge on any atom is 0.216 e. The minimum absolute atomic E-state index is 0.0110. The van der Waals surface area contributed by atoms with Gasteiger partial charge in [-0.3, -0.25) is 9.78 Å². The summed E-state index contributed by atoms with van der Waals surface area (Å²) >= 11 is 0. The van der Waals surface area contributed by atoms with Gasteiger partial charge in [0.1, 0.15) is 0 Å². The van der Waals surface area contributed by atoms with Crippen molar-refractivity contribution < 1.29 is 4.79 Å². The van der Waals surface area contributed by atoms with Crippen LogP contribution in [-0.2, 0) is 4.79 Å². The van der Waals surface area contributed by atoms with Crippen LogP contribution in [0, 0.1) is 6.92 Å². The highest BCUT2D eigenvalue weighted by Crippen LogP contribution is 2.00. The van der Waals surface area contributed by atoms with Gasteiger partial charge in [-0.05, 0) is 31.1 Å². The monoisotopic (exact) mass is 204 g/mol. The van der Waals surface area contributed by atoms with E-state index < -0.39 is 0 Å². The Hall–Kier alpha value is -1.64. The van der Waals surface area contributed by atoms with E-state index in [9.17, 15) is 4.79 Å². The largest absolute Gasteiger partial charge is 0.356 e. The fourth-order valence-electron chi connectivity index (χ4n) is 1.11. The van der Waals surface area contributed by atoms with Gasteiger partial charge in [0.15, 0.2) is 0 Å². The standard InChI is InChI=1S/C12H16N2O/c1-10-6-7-12(14-9-10)5-3-4-8-13-11(2)15/h3,5-7,9H,4,8H2,1-2H3,(H,13,15).